The van der Waals surface area contributed by atoms with Crippen molar-refractivity contribution >= 4 is 21.9 Å². The van der Waals surface area contributed by atoms with Gasteiger partial charge in [0.25, 0.3) is 0 Å². The summed E-state index contributed by atoms with van der Waals surface area (Å²) in [5.41, 5.74) is 3.01. The van der Waals surface area contributed by atoms with E-state index >= 15 is 0 Å². The highest BCUT2D eigenvalue weighted by molar-refractivity contribution is 9.10. The molecule has 0 aliphatic carbocycles. The van der Waals surface area contributed by atoms with E-state index in [1.165, 1.54) is 5.56 Å². The number of rotatable bonds is 3. The molecule has 0 saturated carbocycles. The summed E-state index contributed by atoms with van der Waals surface area (Å²) in [6.07, 6.45) is 0. The molecule has 4 nitrogen and oxygen atoms in total. The first-order valence-electron chi connectivity index (χ1n) is 5.97. The van der Waals surface area contributed by atoms with E-state index in [0.717, 1.165) is 15.7 Å². The van der Waals surface area contributed by atoms with Crippen LogP contribution in [0, 0.1) is 0 Å². The highest BCUT2D eigenvalue weighted by Crippen LogP contribution is 2.30. The number of aromatic carboxylic acids is 1. The van der Waals surface area contributed by atoms with Crippen molar-refractivity contribution in [3.63, 3.8) is 0 Å². The summed E-state index contributed by atoms with van der Waals surface area (Å²) in [4.78, 5) is 10.9. The summed E-state index contributed by atoms with van der Waals surface area (Å²) in [5, 5.41) is 12.9. The summed E-state index contributed by atoms with van der Waals surface area (Å²) in [6, 6.07) is 7.62. The van der Waals surface area contributed by atoms with E-state index in [4.69, 9.17) is 5.11 Å². The number of hydrogen-bond acceptors (Lipinski definition) is 2. The first-order chi connectivity index (χ1) is 8.90. The van der Waals surface area contributed by atoms with Gasteiger partial charge >= 0.3 is 5.97 Å². The minimum absolute atomic E-state index is 0.0570. The fourth-order valence-electron chi connectivity index (χ4n) is 2.00. The van der Waals surface area contributed by atoms with Crippen LogP contribution in [0.2, 0.25) is 0 Å². The molecule has 1 N–H and O–H groups in total. The molecule has 0 aliphatic rings. The molecule has 0 saturated heterocycles. The number of hydrogen-bond donors (Lipinski definition) is 1. The van der Waals surface area contributed by atoms with Gasteiger partial charge in [0.05, 0.1) is 5.69 Å². The predicted molar refractivity (Wildman–Crippen MR) is 77.4 cm³/mol. The number of halogens is 1. The van der Waals surface area contributed by atoms with Crippen LogP contribution in [0.1, 0.15) is 35.8 Å². The van der Waals surface area contributed by atoms with Crippen LogP contribution in [-0.4, -0.2) is 20.9 Å². The van der Waals surface area contributed by atoms with Gasteiger partial charge in [0.15, 0.2) is 5.69 Å². The van der Waals surface area contributed by atoms with E-state index in [1.54, 1.807) is 17.8 Å². The lowest BCUT2D eigenvalue weighted by atomic mass is 10.0. The number of carboxylic acid groups (broad SMARTS) is 1. The largest absolute Gasteiger partial charge is 0.476 e. The van der Waals surface area contributed by atoms with Crippen LogP contribution in [0.4, 0.5) is 0 Å². The van der Waals surface area contributed by atoms with Crippen LogP contribution >= 0.6 is 15.9 Å². The monoisotopic (exact) mass is 322 g/mol. The minimum atomic E-state index is -1.01. The zero-order valence-electron chi connectivity index (χ0n) is 11.0. The Hall–Kier alpha value is -1.62. The number of benzene rings is 1. The second kappa shape index (κ2) is 5.17. The third-order valence-electron chi connectivity index (χ3n) is 3.02. The third kappa shape index (κ3) is 2.71. The van der Waals surface area contributed by atoms with Gasteiger partial charge in [-0.1, -0.05) is 41.9 Å². The molecule has 5 heteroatoms. The van der Waals surface area contributed by atoms with E-state index < -0.39 is 5.97 Å². The van der Waals surface area contributed by atoms with Crippen molar-refractivity contribution in [3.8, 4) is 11.3 Å². The van der Waals surface area contributed by atoms with Gasteiger partial charge in [-0.15, -0.1) is 0 Å². The van der Waals surface area contributed by atoms with Crippen LogP contribution in [-0.2, 0) is 7.05 Å². The van der Waals surface area contributed by atoms with Crippen molar-refractivity contribution in [2.45, 2.75) is 19.8 Å². The fourth-order valence-corrected chi connectivity index (χ4v) is 2.83. The average Bonchev–Trinajstić information content (AvgIpc) is 2.71. The molecule has 0 radical (unpaired) electrons. The zero-order valence-corrected chi connectivity index (χ0v) is 12.6. The number of carboxylic acids is 1. The standard InChI is InChI=1S/C14H15BrN2O2/c1-8(2)10-5-4-9(6-11(10)15)13-7-12(14(18)19)16-17(13)3/h4-8H,1-3H3,(H,18,19). The topological polar surface area (TPSA) is 55.1 Å². The van der Waals surface area contributed by atoms with Crippen LogP contribution < -0.4 is 0 Å². The third-order valence-corrected chi connectivity index (χ3v) is 3.70. The van der Waals surface area contributed by atoms with Gasteiger partial charge in [-0.2, -0.15) is 5.10 Å². The van der Waals surface area contributed by atoms with Crippen LogP contribution in [0.25, 0.3) is 11.3 Å². The highest BCUT2D eigenvalue weighted by Gasteiger charge is 2.14. The van der Waals surface area contributed by atoms with Crippen molar-refractivity contribution in [1.29, 1.82) is 0 Å². The SMILES string of the molecule is CC(C)c1ccc(-c2cc(C(=O)O)nn2C)cc1Br. The molecular formula is C14H15BrN2O2. The summed E-state index contributed by atoms with van der Waals surface area (Å²) >= 11 is 3.56. The predicted octanol–water partition coefficient (Wildman–Crippen LogP) is 3.67. The Morgan fingerprint density at radius 2 is 2.05 bits per heavy atom. The van der Waals surface area contributed by atoms with Gasteiger partial charge in [0.2, 0.25) is 0 Å². The van der Waals surface area contributed by atoms with Gasteiger partial charge in [-0.25, -0.2) is 4.79 Å². The van der Waals surface area contributed by atoms with Gasteiger partial charge in [-0.05, 0) is 23.6 Å². The molecule has 100 valence electrons. The molecule has 2 rings (SSSR count). The maximum absolute atomic E-state index is 10.9. The van der Waals surface area contributed by atoms with Crippen molar-refractivity contribution < 1.29 is 9.90 Å². The molecule has 0 fully saturated rings. The first kappa shape index (κ1) is 13.8. The van der Waals surface area contributed by atoms with Gasteiger partial charge in [0.1, 0.15) is 0 Å². The quantitative estimate of drug-likeness (QED) is 0.937. The lowest BCUT2D eigenvalue weighted by Gasteiger charge is -2.10. The molecule has 1 aromatic heterocycles. The average molecular weight is 323 g/mol. The van der Waals surface area contributed by atoms with Crippen molar-refractivity contribution in [2.24, 2.45) is 7.05 Å². The molecule has 1 heterocycles. The second-order valence-electron chi connectivity index (χ2n) is 4.73. The molecule has 0 bridgehead atoms. The summed E-state index contributed by atoms with van der Waals surface area (Å²) in [5.74, 6) is -0.579. The zero-order chi connectivity index (χ0) is 14.2. The minimum Gasteiger partial charge on any atom is -0.476 e. The molecular weight excluding hydrogens is 308 g/mol. The van der Waals surface area contributed by atoms with Gasteiger partial charge < -0.3 is 5.11 Å². The van der Waals surface area contributed by atoms with Crippen LogP contribution in [0.3, 0.4) is 0 Å². The lowest BCUT2D eigenvalue weighted by molar-refractivity contribution is 0.0689. The fraction of sp³-hybridized carbons (Fsp3) is 0.286. The molecule has 0 amide bonds. The van der Waals surface area contributed by atoms with Crippen molar-refractivity contribution in [1.82, 2.24) is 9.78 Å². The summed E-state index contributed by atoms with van der Waals surface area (Å²) < 4.78 is 2.61. The molecule has 19 heavy (non-hydrogen) atoms. The maximum atomic E-state index is 10.9. The smallest absolute Gasteiger partial charge is 0.356 e. The van der Waals surface area contributed by atoms with E-state index in [1.807, 2.05) is 12.1 Å². The van der Waals surface area contributed by atoms with Gasteiger partial charge in [-0.3, -0.25) is 4.68 Å². The Morgan fingerprint density at radius 3 is 2.53 bits per heavy atom. The molecule has 0 atom stereocenters. The maximum Gasteiger partial charge on any atom is 0.356 e. The number of nitrogens with zero attached hydrogens (tertiary/aromatic N) is 2. The number of aryl methyl sites for hydroxylation is 1. The number of aromatic nitrogens is 2. The molecule has 0 aliphatic heterocycles. The van der Waals surface area contributed by atoms with E-state index in [2.05, 4.69) is 40.9 Å². The summed E-state index contributed by atoms with van der Waals surface area (Å²) in [6.45, 7) is 4.26. The molecule has 0 spiro atoms. The summed E-state index contributed by atoms with van der Waals surface area (Å²) in [7, 11) is 1.74. The Kier molecular flexibility index (Phi) is 3.75. The highest BCUT2D eigenvalue weighted by atomic mass is 79.9. The van der Waals surface area contributed by atoms with Crippen molar-refractivity contribution in [3.05, 3.63) is 40.0 Å². The Bertz CT molecular complexity index is 632. The van der Waals surface area contributed by atoms with Gasteiger partial charge in [0, 0.05) is 17.1 Å². The molecule has 2 aromatic rings. The van der Waals surface area contributed by atoms with E-state index in [9.17, 15) is 4.79 Å². The van der Waals surface area contributed by atoms with E-state index in [-0.39, 0.29) is 5.69 Å². The Labute approximate surface area is 120 Å². The van der Waals surface area contributed by atoms with E-state index in [0.29, 0.717) is 5.92 Å². The first-order valence-corrected chi connectivity index (χ1v) is 6.76. The molecule has 0 unspecified atom stereocenters. The number of carbonyl (C=O) groups is 1. The Balaban J connectivity index is 2.48. The van der Waals surface area contributed by atoms with Crippen molar-refractivity contribution in [2.75, 3.05) is 0 Å². The van der Waals surface area contributed by atoms with Crippen LogP contribution in [0.15, 0.2) is 28.7 Å². The van der Waals surface area contributed by atoms with Crippen LogP contribution in [0.5, 0.6) is 0 Å². The second-order valence-corrected chi connectivity index (χ2v) is 5.59. The normalized spacial score (nSPS) is 11.0. The lowest BCUT2D eigenvalue weighted by Crippen LogP contribution is -1.99. The Morgan fingerprint density at radius 1 is 1.37 bits per heavy atom. The molecule has 1 aromatic carbocycles.